The second-order valence-electron chi connectivity index (χ2n) is 7.55. The Bertz CT molecular complexity index is 1440. The zero-order chi connectivity index (χ0) is 23.3. The van der Waals surface area contributed by atoms with Crippen molar-refractivity contribution in [3.63, 3.8) is 0 Å². The number of aliphatic imine (C=N–C) groups is 1. The normalized spacial score (nSPS) is 16.8. The molecule has 33 heavy (non-hydrogen) atoms. The van der Waals surface area contributed by atoms with Gasteiger partial charge in [0.15, 0.2) is 5.84 Å². The molecule has 0 unspecified atom stereocenters. The average molecular weight is 478 g/mol. The molecular weight excluding hydrogens is 461 g/mol. The summed E-state index contributed by atoms with van der Waals surface area (Å²) >= 11 is 7.23. The van der Waals surface area contributed by atoms with E-state index in [-0.39, 0.29) is 16.6 Å². The molecule has 0 bridgehead atoms. The largest absolute Gasteiger partial charge is 0.318 e. The molecule has 0 saturated carbocycles. The van der Waals surface area contributed by atoms with E-state index < -0.39 is 11.7 Å². The fourth-order valence-corrected chi connectivity index (χ4v) is 4.94. The standard InChI is InChI=1S/C24H17ClFN5OS/c1-13-10-15(14(2)30(13)17-7-5-6-16(25)12-17)11-19-21(27)31-24(28-22(19)32)33-23(29-31)18-8-3-4-9-20(18)26/h3-12,27H,1-2H3/b19-11+,27-21?. The number of hydrazone groups is 1. The number of halogens is 2. The van der Waals surface area contributed by atoms with Crippen LogP contribution < -0.4 is 0 Å². The van der Waals surface area contributed by atoms with Gasteiger partial charge in [0.25, 0.3) is 5.91 Å². The van der Waals surface area contributed by atoms with Gasteiger partial charge in [0.2, 0.25) is 5.17 Å². The Morgan fingerprint density at radius 1 is 1.12 bits per heavy atom. The number of aryl methyl sites for hydroxylation is 1. The number of carbonyl (C=O) groups excluding carboxylic acids is 1. The van der Waals surface area contributed by atoms with Crippen molar-refractivity contribution in [3.05, 3.63) is 93.5 Å². The van der Waals surface area contributed by atoms with Crippen LogP contribution in [0.25, 0.3) is 11.8 Å². The van der Waals surface area contributed by atoms with Crippen molar-refractivity contribution in [1.29, 1.82) is 5.41 Å². The number of hydrogen-bond donors (Lipinski definition) is 1. The molecule has 1 aromatic heterocycles. The summed E-state index contributed by atoms with van der Waals surface area (Å²) in [5.74, 6) is -1.06. The van der Waals surface area contributed by atoms with Gasteiger partial charge >= 0.3 is 0 Å². The summed E-state index contributed by atoms with van der Waals surface area (Å²) in [6, 6.07) is 15.7. The van der Waals surface area contributed by atoms with E-state index in [1.165, 1.54) is 11.1 Å². The number of aromatic nitrogens is 1. The number of carbonyl (C=O) groups is 1. The molecule has 0 aliphatic carbocycles. The molecule has 5 rings (SSSR count). The molecule has 2 aliphatic rings. The molecule has 0 fully saturated rings. The first-order valence-electron chi connectivity index (χ1n) is 10.0. The summed E-state index contributed by atoms with van der Waals surface area (Å²) in [4.78, 5) is 16.9. The molecule has 9 heteroatoms. The van der Waals surface area contributed by atoms with E-state index in [1.54, 1.807) is 24.3 Å². The zero-order valence-electron chi connectivity index (χ0n) is 17.6. The van der Waals surface area contributed by atoms with Crippen molar-refractivity contribution in [2.24, 2.45) is 10.1 Å². The Morgan fingerprint density at radius 2 is 1.91 bits per heavy atom. The highest BCUT2D eigenvalue weighted by Crippen LogP contribution is 2.32. The van der Waals surface area contributed by atoms with Crippen LogP contribution in [0.2, 0.25) is 5.02 Å². The fourth-order valence-electron chi connectivity index (χ4n) is 3.84. The number of thioether (sulfide) groups is 1. The molecule has 1 N–H and O–H groups in total. The quantitative estimate of drug-likeness (QED) is 0.502. The topological polar surface area (TPSA) is 73.8 Å². The number of fused-ring (bicyclic) bond motifs is 1. The third kappa shape index (κ3) is 3.71. The van der Waals surface area contributed by atoms with Crippen LogP contribution in [0.3, 0.4) is 0 Å². The van der Waals surface area contributed by atoms with Crippen molar-refractivity contribution < 1.29 is 9.18 Å². The highest BCUT2D eigenvalue weighted by atomic mass is 35.5. The van der Waals surface area contributed by atoms with Crippen LogP contribution in [0.1, 0.15) is 22.5 Å². The maximum atomic E-state index is 14.2. The van der Waals surface area contributed by atoms with E-state index in [9.17, 15) is 9.18 Å². The molecule has 164 valence electrons. The molecule has 6 nitrogen and oxygen atoms in total. The number of nitrogens with one attached hydrogen (secondary N) is 1. The van der Waals surface area contributed by atoms with Crippen LogP contribution in [0.15, 0.2) is 70.3 Å². The van der Waals surface area contributed by atoms with E-state index in [2.05, 4.69) is 10.1 Å². The molecule has 3 heterocycles. The maximum absolute atomic E-state index is 14.2. The summed E-state index contributed by atoms with van der Waals surface area (Å²) in [6.07, 6.45) is 1.65. The predicted molar refractivity (Wildman–Crippen MR) is 131 cm³/mol. The van der Waals surface area contributed by atoms with Gasteiger partial charge in [-0.05, 0) is 73.6 Å². The third-order valence-corrected chi connectivity index (χ3v) is 6.57. The van der Waals surface area contributed by atoms with Gasteiger partial charge in [-0.1, -0.05) is 29.8 Å². The van der Waals surface area contributed by atoms with Gasteiger partial charge in [-0.25, -0.2) is 4.39 Å². The number of amides is 1. The van der Waals surface area contributed by atoms with E-state index in [4.69, 9.17) is 17.0 Å². The Morgan fingerprint density at radius 3 is 2.67 bits per heavy atom. The first kappa shape index (κ1) is 21.4. The van der Waals surface area contributed by atoms with Crippen LogP contribution in [-0.2, 0) is 4.79 Å². The van der Waals surface area contributed by atoms with E-state index >= 15 is 0 Å². The lowest BCUT2D eigenvalue weighted by molar-refractivity contribution is -0.114. The minimum atomic E-state index is -0.531. The van der Waals surface area contributed by atoms with Crippen LogP contribution in [0.5, 0.6) is 0 Å². The molecule has 3 aromatic rings. The zero-order valence-corrected chi connectivity index (χ0v) is 19.2. The van der Waals surface area contributed by atoms with Crippen LogP contribution in [0.4, 0.5) is 4.39 Å². The Labute approximate surface area is 198 Å². The van der Waals surface area contributed by atoms with Gasteiger partial charge in [-0.15, -0.1) is 0 Å². The lowest BCUT2D eigenvalue weighted by Crippen LogP contribution is -2.35. The number of benzene rings is 2. The van der Waals surface area contributed by atoms with Crippen LogP contribution in [0, 0.1) is 25.1 Å². The smallest absolute Gasteiger partial charge is 0.283 e. The first-order chi connectivity index (χ1) is 15.8. The van der Waals surface area contributed by atoms with Gasteiger partial charge < -0.3 is 4.57 Å². The minimum Gasteiger partial charge on any atom is -0.318 e. The molecule has 0 saturated heterocycles. The van der Waals surface area contributed by atoms with Crippen LogP contribution in [-0.4, -0.2) is 31.5 Å². The van der Waals surface area contributed by atoms with Crippen molar-refractivity contribution in [2.45, 2.75) is 13.8 Å². The van der Waals surface area contributed by atoms with E-state index in [0.29, 0.717) is 15.6 Å². The predicted octanol–water partition coefficient (Wildman–Crippen LogP) is 5.55. The first-order valence-corrected chi connectivity index (χ1v) is 11.2. The molecular formula is C24H17ClFN5OS. The molecule has 0 spiro atoms. The van der Waals surface area contributed by atoms with Gasteiger partial charge in [0.05, 0.1) is 5.57 Å². The Balaban J connectivity index is 1.53. The van der Waals surface area contributed by atoms with Gasteiger partial charge in [0, 0.05) is 27.7 Å². The summed E-state index contributed by atoms with van der Waals surface area (Å²) in [5.41, 5.74) is 3.95. The number of nitrogens with zero attached hydrogens (tertiary/aromatic N) is 4. The second-order valence-corrected chi connectivity index (χ2v) is 8.94. The minimum absolute atomic E-state index is 0.101. The lowest BCUT2D eigenvalue weighted by atomic mass is 10.1. The molecule has 1 amide bonds. The Hall–Kier alpha value is -3.49. The second kappa shape index (κ2) is 8.13. The van der Waals surface area contributed by atoms with Crippen molar-refractivity contribution >= 4 is 51.4 Å². The summed E-state index contributed by atoms with van der Waals surface area (Å²) in [7, 11) is 0. The summed E-state index contributed by atoms with van der Waals surface area (Å²) in [6.45, 7) is 3.90. The monoisotopic (exact) mass is 477 g/mol. The van der Waals surface area contributed by atoms with E-state index in [0.717, 1.165) is 34.4 Å². The van der Waals surface area contributed by atoms with Crippen molar-refractivity contribution in [1.82, 2.24) is 9.58 Å². The van der Waals surface area contributed by atoms with Gasteiger partial charge in [-0.2, -0.15) is 15.1 Å². The molecule has 0 atom stereocenters. The Kier molecular flexibility index (Phi) is 5.26. The molecule has 0 radical (unpaired) electrons. The highest BCUT2D eigenvalue weighted by molar-refractivity contribution is 8.27. The fraction of sp³-hybridized carbons (Fsp3) is 0.0833. The average Bonchev–Trinajstić information content (AvgIpc) is 3.32. The molecule has 2 aliphatic heterocycles. The number of rotatable bonds is 3. The number of hydrogen-bond acceptors (Lipinski definition) is 4. The van der Waals surface area contributed by atoms with Gasteiger partial charge in [-0.3, -0.25) is 10.2 Å². The van der Waals surface area contributed by atoms with Crippen molar-refractivity contribution in [3.8, 4) is 5.69 Å². The third-order valence-electron chi connectivity index (χ3n) is 5.40. The lowest BCUT2D eigenvalue weighted by Gasteiger charge is -2.20. The summed E-state index contributed by atoms with van der Waals surface area (Å²) in [5, 5.41) is 15.4. The maximum Gasteiger partial charge on any atom is 0.283 e. The van der Waals surface area contributed by atoms with E-state index in [1.807, 2.05) is 48.7 Å². The number of amidine groups is 2. The van der Waals surface area contributed by atoms with Crippen LogP contribution >= 0.6 is 23.4 Å². The highest BCUT2D eigenvalue weighted by Gasteiger charge is 2.36. The SMILES string of the molecule is Cc1cc(/C=C2\C(=N)N3N=C(c4ccccc4F)SC3=NC2=O)c(C)n1-c1cccc(Cl)c1. The summed E-state index contributed by atoms with van der Waals surface area (Å²) < 4.78 is 16.2. The van der Waals surface area contributed by atoms with Crippen molar-refractivity contribution in [2.75, 3.05) is 0 Å². The molecule has 2 aromatic carbocycles. The van der Waals surface area contributed by atoms with Gasteiger partial charge in [0.1, 0.15) is 10.9 Å².